The highest BCUT2D eigenvalue weighted by atomic mass is 35.5. The van der Waals surface area contributed by atoms with E-state index in [2.05, 4.69) is 34.2 Å². The highest BCUT2D eigenvalue weighted by molar-refractivity contribution is 6.30. The monoisotopic (exact) mass is 490 g/mol. The molecule has 0 spiro atoms. The smallest absolute Gasteiger partial charge is 0.227 e. The predicted molar refractivity (Wildman–Crippen MR) is 139 cm³/mol. The van der Waals surface area contributed by atoms with Gasteiger partial charge < -0.3 is 19.5 Å². The lowest BCUT2D eigenvalue weighted by atomic mass is 9.84. The van der Waals surface area contributed by atoms with Gasteiger partial charge in [0.15, 0.2) is 0 Å². The molecule has 1 aromatic carbocycles. The number of hydrogen-bond donors (Lipinski definition) is 1. The number of fused-ring (bicyclic) bond motifs is 2. The second-order valence-corrected chi connectivity index (χ2v) is 9.61. The van der Waals surface area contributed by atoms with Crippen molar-refractivity contribution in [1.29, 1.82) is 0 Å². The van der Waals surface area contributed by atoms with Crippen LogP contribution in [0, 0.1) is 0 Å². The number of aromatic nitrogens is 1. The number of benzene rings is 1. The molecule has 2 aliphatic heterocycles. The fourth-order valence-electron chi connectivity index (χ4n) is 4.96. The molecule has 3 aliphatic rings. The minimum Gasteiger partial charge on any atom is -0.438 e. The first kappa shape index (κ1) is 24.0. The number of likely N-dealkylation sites (tertiary alicyclic amines) is 1. The molecule has 1 fully saturated rings. The minimum atomic E-state index is -0.779. The van der Waals surface area contributed by atoms with Gasteiger partial charge in [0.05, 0.1) is 5.60 Å². The Kier molecular flexibility index (Phi) is 7.21. The van der Waals surface area contributed by atoms with E-state index in [-0.39, 0.29) is 6.10 Å². The lowest BCUT2D eigenvalue weighted by molar-refractivity contribution is -0.0254. The molecule has 2 aromatic rings. The quantitative estimate of drug-likeness (QED) is 0.565. The zero-order valence-electron chi connectivity index (χ0n) is 20.0. The van der Waals surface area contributed by atoms with Crippen molar-refractivity contribution in [3.8, 4) is 5.88 Å². The summed E-state index contributed by atoms with van der Waals surface area (Å²) < 4.78 is 12.2. The Bertz CT molecular complexity index is 1170. The number of halogens is 1. The van der Waals surface area contributed by atoms with E-state index < -0.39 is 5.60 Å². The SMILES string of the molecule is CCOC1C=CC=C2Oc3ncccc3C(=CCCN3CCC(O)(c4ccc(Cl)cc4)CC3)C=C21. The fraction of sp³-hybridized carbons (Fsp3) is 0.345. The molecule has 5 nitrogen and oxygen atoms in total. The molecule has 6 heteroatoms. The van der Waals surface area contributed by atoms with Gasteiger partial charge in [-0.1, -0.05) is 42.0 Å². The summed E-state index contributed by atoms with van der Waals surface area (Å²) in [5.74, 6) is 1.40. The Morgan fingerprint density at radius 3 is 2.80 bits per heavy atom. The number of piperidine rings is 1. The summed E-state index contributed by atoms with van der Waals surface area (Å²) in [4.78, 5) is 6.91. The molecule has 0 amide bonds. The average molecular weight is 491 g/mol. The zero-order valence-corrected chi connectivity index (χ0v) is 20.7. The van der Waals surface area contributed by atoms with Gasteiger partial charge in [-0.25, -0.2) is 4.98 Å². The molecule has 0 radical (unpaired) electrons. The van der Waals surface area contributed by atoms with E-state index >= 15 is 0 Å². The van der Waals surface area contributed by atoms with Gasteiger partial charge in [-0.15, -0.1) is 0 Å². The van der Waals surface area contributed by atoms with Crippen LogP contribution in [-0.4, -0.2) is 47.3 Å². The molecule has 5 rings (SSSR count). The molecule has 1 aliphatic carbocycles. The Hall–Kier alpha value is -2.70. The molecule has 0 saturated carbocycles. The van der Waals surface area contributed by atoms with Crippen LogP contribution in [0.25, 0.3) is 5.57 Å². The maximum atomic E-state index is 11.2. The summed E-state index contributed by atoms with van der Waals surface area (Å²) in [5.41, 5.74) is 3.28. The molecule has 1 unspecified atom stereocenters. The summed E-state index contributed by atoms with van der Waals surface area (Å²) >= 11 is 6.02. The number of pyridine rings is 1. The van der Waals surface area contributed by atoms with Crippen molar-refractivity contribution in [2.75, 3.05) is 26.2 Å². The normalized spacial score (nSPS) is 22.5. The summed E-state index contributed by atoms with van der Waals surface area (Å²) in [6.07, 6.45) is 14.4. The first-order valence-corrected chi connectivity index (χ1v) is 12.7. The zero-order chi connectivity index (χ0) is 24.3. The van der Waals surface area contributed by atoms with E-state index in [1.165, 1.54) is 0 Å². The van der Waals surface area contributed by atoms with Gasteiger partial charge in [-0.3, -0.25) is 0 Å². The third-order valence-electron chi connectivity index (χ3n) is 6.94. The summed E-state index contributed by atoms with van der Waals surface area (Å²) in [5, 5.41) is 11.9. The van der Waals surface area contributed by atoms with E-state index in [1.54, 1.807) is 6.20 Å². The van der Waals surface area contributed by atoms with E-state index in [4.69, 9.17) is 21.1 Å². The van der Waals surface area contributed by atoms with Crippen LogP contribution in [0.4, 0.5) is 0 Å². The molecular formula is C29H31ClN2O3. The Morgan fingerprint density at radius 2 is 2.03 bits per heavy atom. The van der Waals surface area contributed by atoms with Crippen LogP contribution in [0.5, 0.6) is 5.88 Å². The summed E-state index contributed by atoms with van der Waals surface area (Å²) in [6.45, 7) is 5.27. The number of aliphatic hydroxyl groups is 1. The van der Waals surface area contributed by atoms with Crippen molar-refractivity contribution < 1.29 is 14.6 Å². The van der Waals surface area contributed by atoms with Gasteiger partial charge in [0, 0.05) is 48.6 Å². The second-order valence-electron chi connectivity index (χ2n) is 9.18. The number of rotatable bonds is 6. The van der Waals surface area contributed by atoms with E-state index in [0.29, 0.717) is 30.4 Å². The van der Waals surface area contributed by atoms with E-state index in [1.807, 2.05) is 49.4 Å². The molecule has 3 heterocycles. The third-order valence-corrected chi connectivity index (χ3v) is 7.20. The topological polar surface area (TPSA) is 54.8 Å². The number of ether oxygens (including phenoxy) is 2. The van der Waals surface area contributed by atoms with Crippen LogP contribution in [0.2, 0.25) is 5.02 Å². The number of hydrogen-bond acceptors (Lipinski definition) is 5. The van der Waals surface area contributed by atoms with Gasteiger partial charge >= 0.3 is 0 Å². The first-order valence-electron chi connectivity index (χ1n) is 12.3. The summed E-state index contributed by atoms with van der Waals surface area (Å²) in [6, 6.07) is 11.6. The molecule has 1 N–H and O–H groups in total. The average Bonchev–Trinajstić information content (AvgIpc) is 3.03. The molecule has 0 bridgehead atoms. The highest BCUT2D eigenvalue weighted by Crippen LogP contribution is 2.37. The third kappa shape index (κ3) is 5.29. The van der Waals surface area contributed by atoms with Crippen LogP contribution in [0.1, 0.15) is 37.3 Å². The van der Waals surface area contributed by atoms with Crippen LogP contribution in [-0.2, 0) is 10.3 Å². The largest absolute Gasteiger partial charge is 0.438 e. The van der Waals surface area contributed by atoms with Crippen LogP contribution in [0.15, 0.2) is 84.3 Å². The van der Waals surface area contributed by atoms with Gasteiger partial charge in [0.1, 0.15) is 11.9 Å². The molecular weight excluding hydrogens is 460 g/mol. The predicted octanol–water partition coefficient (Wildman–Crippen LogP) is 5.67. The van der Waals surface area contributed by atoms with Gasteiger partial charge in [-0.2, -0.15) is 0 Å². The molecule has 182 valence electrons. The van der Waals surface area contributed by atoms with Crippen LogP contribution in [0.3, 0.4) is 0 Å². The van der Waals surface area contributed by atoms with Crippen molar-refractivity contribution in [2.45, 2.75) is 37.9 Å². The second kappa shape index (κ2) is 10.5. The lowest BCUT2D eigenvalue weighted by Crippen LogP contribution is -2.42. The Balaban J connectivity index is 1.29. The maximum absolute atomic E-state index is 11.2. The number of nitrogens with zero attached hydrogens (tertiary/aromatic N) is 2. The molecule has 1 saturated heterocycles. The Labute approximate surface area is 212 Å². The van der Waals surface area contributed by atoms with Crippen LogP contribution >= 0.6 is 11.6 Å². The standard InChI is InChI=1S/C29H31ClN2O3/c1-2-34-26-8-3-9-27-25(26)20-21(24-7-4-16-31-28(24)35-27)6-5-17-32-18-14-29(33,15-19-32)22-10-12-23(30)13-11-22/h3-4,6-13,16,20,26,33H,2,5,14-15,17-19H2,1H3. The number of allylic oxidation sites excluding steroid dienone is 4. The van der Waals surface area contributed by atoms with Gasteiger partial charge in [-0.05, 0) is 73.7 Å². The first-order chi connectivity index (χ1) is 17.1. The van der Waals surface area contributed by atoms with Crippen LogP contribution < -0.4 is 4.74 Å². The van der Waals surface area contributed by atoms with Crippen molar-refractivity contribution in [2.24, 2.45) is 0 Å². The van der Waals surface area contributed by atoms with Gasteiger partial charge in [0.25, 0.3) is 0 Å². The molecule has 1 aromatic heterocycles. The van der Waals surface area contributed by atoms with E-state index in [0.717, 1.165) is 54.1 Å². The molecule has 35 heavy (non-hydrogen) atoms. The minimum absolute atomic E-state index is 0.134. The van der Waals surface area contributed by atoms with Gasteiger partial charge in [0.2, 0.25) is 5.88 Å². The molecule has 1 atom stereocenters. The van der Waals surface area contributed by atoms with Crippen molar-refractivity contribution in [3.63, 3.8) is 0 Å². The lowest BCUT2D eigenvalue weighted by Gasteiger charge is -2.38. The highest BCUT2D eigenvalue weighted by Gasteiger charge is 2.33. The summed E-state index contributed by atoms with van der Waals surface area (Å²) in [7, 11) is 0. The van der Waals surface area contributed by atoms with E-state index in [9.17, 15) is 5.11 Å². The van der Waals surface area contributed by atoms with Crippen molar-refractivity contribution >= 4 is 17.2 Å². The van der Waals surface area contributed by atoms with Crippen molar-refractivity contribution in [1.82, 2.24) is 9.88 Å². The Morgan fingerprint density at radius 1 is 1.23 bits per heavy atom. The maximum Gasteiger partial charge on any atom is 0.227 e. The van der Waals surface area contributed by atoms with Crippen molar-refractivity contribution in [3.05, 3.63) is 100 Å². The fourth-order valence-corrected chi connectivity index (χ4v) is 5.09.